The van der Waals surface area contributed by atoms with E-state index in [0.29, 0.717) is 38.9 Å². The number of rotatable bonds is 5. The highest BCUT2D eigenvalue weighted by Gasteiger charge is 2.38. The molecule has 1 amide bonds. The maximum Gasteiger partial charge on any atom is 0.223 e. The molecule has 0 bridgehead atoms. The number of likely N-dealkylation sites (N-methyl/N-ethyl adjacent to an activating group) is 1. The molecule has 1 aliphatic rings. The summed E-state index contributed by atoms with van der Waals surface area (Å²) < 4.78 is 12.8. The van der Waals surface area contributed by atoms with E-state index >= 15 is 0 Å². The van der Waals surface area contributed by atoms with Crippen molar-refractivity contribution in [3.05, 3.63) is 35.6 Å². The maximum absolute atomic E-state index is 12.8. The van der Waals surface area contributed by atoms with Crippen molar-refractivity contribution in [2.75, 3.05) is 33.7 Å². The number of carbonyl (C=O) groups excluding carboxylic acids is 1. The van der Waals surface area contributed by atoms with Crippen LogP contribution in [0.15, 0.2) is 24.3 Å². The monoisotopic (exact) mass is 294 g/mol. The van der Waals surface area contributed by atoms with Crippen molar-refractivity contribution in [2.24, 2.45) is 0 Å². The predicted molar refractivity (Wildman–Crippen MR) is 79.4 cm³/mol. The number of hydrogen-bond acceptors (Lipinski definition) is 3. The van der Waals surface area contributed by atoms with E-state index in [2.05, 4.69) is 0 Å². The quantitative estimate of drug-likeness (QED) is 0.890. The number of halogens is 1. The van der Waals surface area contributed by atoms with Crippen LogP contribution < -0.4 is 0 Å². The summed E-state index contributed by atoms with van der Waals surface area (Å²) in [5.74, 6) is -0.215. The number of carbonyl (C=O) groups is 1. The van der Waals surface area contributed by atoms with Gasteiger partial charge in [0.2, 0.25) is 5.91 Å². The summed E-state index contributed by atoms with van der Waals surface area (Å²) in [6.07, 6.45) is 1.61. The topological polar surface area (TPSA) is 43.8 Å². The Kier molecular flexibility index (Phi) is 4.96. The van der Waals surface area contributed by atoms with Crippen molar-refractivity contribution in [3.63, 3.8) is 0 Å². The van der Waals surface area contributed by atoms with Crippen LogP contribution >= 0.6 is 0 Å². The fraction of sp³-hybridized carbons (Fsp3) is 0.562. The number of aliphatic hydroxyl groups is 1. The Labute approximate surface area is 125 Å². The summed E-state index contributed by atoms with van der Waals surface area (Å²) in [4.78, 5) is 15.9. The Hall–Kier alpha value is -1.46. The van der Waals surface area contributed by atoms with Crippen molar-refractivity contribution >= 4 is 5.91 Å². The number of nitrogens with zero attached hydrogens (tertiary/aromatic N) is 2. The lowest BCUT2D eigenvalue weighted by Crippen LogP contribution is -2.43. The molecule has 1 heterocycles. The van der Waals surface area contributed by atoms with E-state index in [-0.39, 0.29) is 11.7 Å². The van der Waals surface area contributed by atoms with Gasteiger partial charge in [-0.1, -0.05) is 12.1 Å². The van der Waals surface area contributed by atoms with Gasteiger partial charge in [-0.2, -0.15) is 0 Å². The highest BCUT2D eigenvalue weighted by atomic mass is 19.1. The molecule has 1 atom stereocenters. The second-order valence-electron chi connectivity index (χ2n) is 6.15. The molecule has 0 aliphatic carbocycles. The summed E-state index contributed by atoms with van der Waals surface area (Å²) in [5.41, 5.74) is 0.155. The van der Waals surface area contributed by atoms with Gasteiger partial charge in [-0.3, -0.25) is 4.79 Å². The molecule has 0 radical (unpaired) electrons. The Morgan fingerprint density at radius 3 is 2.67 bits per heavy atom. The summed E-state index contributed by atoms with van der Waals surface area (Å²) >= 11 is 0. The largest absolute Gasteiger partial charge is 0.387 e. The van der Waals surface area contributed by atoms with Gasteiger partial charge in [0.15, 0.2) is 0 Å². The Morgan fingerprint density at radius 1 is 1.38 bits per heavy atom. The summed E-state index contributed by atoms with van der Waals surface area (Å²) in [7, 11) is 3.83. The lowest BCUT2D eigenvalue weighted by molar-refractivity contribution is -0.131. The zero-order chi connectivity index (χ0) is 15.5. The first-order chi connectivity index (χ1) is 9.88. The molecule has 1 aromatic rings. The van der Waals surface area contributed by atoms with E-state index < -0.39 is 5.60 Å². The van der Waals surface area contributed by atoms with Crippen molar-refractivity contribution in [2.45, 2.75) is 24.9 Å². The van der Waals surface area contributed by atoms with Gasteiger partial charge < -0.3 is 14.9 Å². The third kappa shape index (κ3) is 4.51. The van der Waals surface area contributed by atoms with Gasteiger partial charge in [0.25, 0.3) is 0 Å². The number of β-amino-alcohol motifs (C(OH)–C–C–N with tert-alkyl or cyclic N) is 1. The number of likely N-dealkylation sites (tertiary alicyclic amines) is 1. The molecular formula is C16H23FN2O2. The minimum Gasteiger partial charge on any atom is -0.387 e. The predicted octanol–water partition coefficient (Wildman–Crippen LogP) is 1.28. The van der Waals surface area contributed by atoms with E-state index in [1.165, 1.54) is 12.1 Å². The minimum absolute atomic E-state index is 0.0500. The molecule has 1 aromatic carbocycles. The van der Waals surface area contributed by atoms with E-state index in [1.54, 1.807) is 17.0 Å². The first-order valence-electron chi connectivity index (χ1n) is 7.27. The SMILES string of the molecule is CN(C)C[C@]1(O)CCN(C(=O)CCc2ccc(F)cc2)C1. The fourth-order valence-corrected chi connectivity index (χ4v) is 2.85. The van der Waals surface area contributed by atoms with Crippen LogP contribution in [0.25, 0.3) is 0 Å². The molecule has 1 aliphatic heterocycles. The van der Waals surface area contributed by atoms with Crippen LogP contribution in [0.5, 0.6) is 0 Å². The maximum atomic E-state index is 12.8. The van der Waals surface area contributed by atoms with Gasteiger partial charge in [-0.05, 0) is 44.6 Å². The number of amides is 1. The van der Waals surface area contributed by atoms with Crippen LogP contribution in [0.3, 0.4) is 0 Å². The molecule has 0 aromatic heterocycles. The Bertz CT molecular complexity index is 490. The second kappa shape index (κ2) is 6.54. The third-order valence-corrected chi connectivity index (χ3v) is 3.84. The van der Waals surface area contributed by atoms with Crippen LogP contribution in [0.2, 0.25) is 0 Å². The summed E-state index contributed by atoms with van der Waals surface area (Å²) in [5, 5.41) is 10.4. The van der Waals surface area contributed by atoms with Gasteiger partial charge in [0, 0.05) is 19.5 Å². The van der Waals surface area contributed by atoms with E-state index in [1.807, 2.05) is 19.0 Å². The molecule has 0 spiro atoms. The zero-order valence-corrected chi connectivity index (χ0v) is 12.7. The molecule has 0 unspecified atom stereocenters. The van der Waals surface area contributed by atoms with Crippen molar-refractivity contribution < 1.29 is 14.3 Å². The van der Waals surface area contributed by atoms with Crippen molar-refractivity contribution in [1.29, 1.82) is 0 Å². The van der Waals surface area contributed by atoms with Gasteiger partial charge in [0.05, 0.1) is 12.1 Å². The number of hydrogen-bond donors (Lipinski definition) is 1. The highest BCUT2D eigenvalue weighted by molar-refractivity contribution is 5.77. The van der Waals surface area contributed by atoms with Crippen molar-refractivity contribution in [3.8, 4) is 0 Å². The molecule has 1 fully saturated rings. The molecule has 0 saturated carbocycles. The minimum atomic E-state index is -0.797. The first kappa shape index (κ1) is 15.9. The lowest BCUT2D eigenvalue weighted by Gasteiger charge is -2.26. The zero-order valence-electron chi connectivity index (χ0n) is 12.7. The van der Waals surface area contributed by atoms with Crippen molar-refractivity contribution in [1.82, 2.24) is 9.80 Å². The van der Waals surface area contributed by atoms with E-state index in [4.69, 9.17) is 0 Å². The summed E-state index contributed by atoms with van der Waals surface area (Å²) in [6.45, 7) is 1.56. The number of aryl methyl sites for hydroxylation is 1. The standard InChI is InChI=1S/C16H23FN2O2/c1-18(2)11-16(21)9-10-19(12-16)15(20)8-5-13-3-6-14(17)7-4-13/h3-4,6-7,21H,5,8-12H2,1-2H3/t16-/m1/s1. The van der Waals surface area contributed by atoms with E-state index in [9.17, 15) is 14.3 Å². The van der Waals surface area contributed by atoms with Gasteiger partial charge >= 0.3 is 0 Å². The Balaban J connectivity index is 1.83. The van der Waals surface area contributed by atoms with Gasteiger partial charge in [-0.25, -0.2) is 4.39 Å². The average molecular weight is 294 g/mol. The molecule has 4 nitrogen and oxygen atoms in total. The smallest absolute Gasteiger partial charge is 0.223 e. The molecule has 21 heavy (non-hydrogen) atoms. The molecule has 2 rings (SSSR count). The summed E-state index contributed by atoms with van der Waals surface area (Å²) in [6, 6.07) is 6.22. The molecular weight excluding hydrogens is 271 g/mol. The first-order valence-corrected chi connectivity index (χ1v) is 7.27. The lowest BCUT2D eigenvalue weighted by atomic mass is 10.0. The Morgan fingerprint density at radius 2 is 2.05 bits per heavy atom. The second-order valence-corrected chi connectivity index (χ2v) is 6.15. The average Bonchev–Trinajstić information content (AvgIpc) is 2.79. The van der Waals surface area contributed by atoms with E-state index in [0.717, 1.165) is 5.56 Å². The fourth-order valence-electron chi connectivity index (χ4n) is 2.85. The van der Waals surface area contributed by atoms with Crippen LogP contribution in [-0.4, -0.2) is 60.1 Å². The van der Waals surface area contributed by atoms with Gasteiger partial charge in [0.1, 0.15) is 5.82 Å². The van der Waals surface area contributed by atoms with Crippen LogP contribution in [-0.2, 0) is 11.2 Å². The molecule has 1 N–H and O–H groups in total. The normalized spacial score (nSPS) is 22.0. The highest BCUT2D eigenvalue weighted by Crippen LogP contribution is 2.22. The van der Waals surface area contributed by atoms with Crippen LogP contribution in [0.4, 0.5) is 4.39 Å². The molecule has 1 saturated heterocycles. The van der Waals surface area contributed by atoms with Gasteiger partial charge in [-0.15, -0.1) is 0 Å². The number of benzene rings is 1. The van der Waals surface area contributed by atoms with Crippen LogP contribution in [0, 0.1) is 5.82 Å². The van der Waals surface area contributed by atoms with Crippen LogP contribution in [0.1, 0.15) is 18.4 Å². The molecule has 5 heteroatoms. The third-order valence-electron chi connectivity index (χ3n) is 3.84. The molecule has 116 valence electrons.